The van der Waals surface area contributed by atoms with Crippen molar-refractivity contribution < 1.29 is 4.42 Å². The van der Waals surface area contributed by atoms with Crippen molar-refractivity contribution in [3.05, 3.63) is 51.7 Å². The minimum Gasteiger partial charge on any atom is -0.457 e. The van der Waals surface area contributed by atoms with Crippen molar-refractivity contribution in [2.75, 3.05) is 0 Å². The Morgan fingerprint density at radius 1 is 1.30 bits per heavy atom. The quantitative estimate of drug-likeness (QED) is 0.515. The van der Waals surface area contributed by atoms with Gasteiger partial charge in [0.1, 0.15) is 22.6 Å². The van der Waals surface area contributed by atoms with E-state index in [1.54, 1.807) is 30.3 Å². The zero-order chi connectivity index (χ0) is 14.7. The van der Waals surface area contributed by atoms with Crippen LogP contribution in [0.25, 0.3) is 17.4 Å². The fourth-order valence-electron chi connectivity index (χ4n) is 1.57. The zero-order valence-electron chi connectivity index (χ0n) is 10.1. The van der Waals surface area contributed by atoms with Gasteiger partial charge in [-0.3, -0.25) is 0 Å². The van der Waals surface area contributed by atoms with E-state index in [1.165, 1.54) is 6.08 Å². The molecule has 1 aromatic heterocycles. The van der Waals surface area contributed by atoms with Crippen molar-refractivity contribution in [1.29, 1.82) is 5.26 Å². The molecule has 6 heteroatoms. The summed E-state index contributed by atoms with van der Waals surface area (Å²) in [7, 11) is 0. The van der Waals surface area contributed by atoms with Gasteiger partial charge in [-0.25, -0.2) is 0 Å². The van der Waals surface area contributed by atoms with Gasteiger partial charge in [-0.15, -0.1) is 0 Å². The molecule has 20 heavy (non-hydrogen) atoms. The van der Waals surface area contributed by atoms with Crippen LogP contribution in [0.4, 0.5) is 0 Å². The molecule has 0 bridgehead atoms. The molecule has 0 spiro atoms. The van der Waals surface area contributed by atoms with Crippen molar-refractivity contribution in [2.45, 2.75) is 0 Å². The second kappa shape index (κ2) is 6.10. The molecule has 3 nitrogen and oxygen atoms in total. The largest absolute Gasteiger partial charge is 0.457 e. The summed E-state index contributed by atoms with van der Waals surface area (Å²) in [5.41, 5.74) is 6.27. The smallest absolute Gasteiger partial charge is 0.136 e. The molecule has 0 saturated heterocycles. The molecule has 0 aliphatic rings. The van der Waals surface area contributed by atoms with Crippen molar-refractivity contribution in [2.24, 2.45) is 5.73 Å². The first-order valence-electron chi connectivity index (χ1n) is 5.48. The molecule has 0 aliphatic heterocycles. The SMILES string of the molecule is N#CC(=Cc1ccc(-c2cccc(Cl)c2Cl)o1)C(N)=S. The summed E-state index contributed by atoms with van der Waals surface area (Å²) < 4.78 is 5.60. The van der Waals surface area contributed by atoms with Gasteiger partial charge in [0.15, 0.2) is 0 Å². The Morgan fingerprint density at radius 3 is 2.70 bits per heavy atom. The van der Waals surface area contributed by atoms with Gasteiger partial charge in [-0.05, 0) is 24.3 Å². The third-order valence-electron chi connectivity index (χ3n) is 2.52. The summed E-state index contributed by atoms with van der Waals surface area (Å²) in [5.74, 6) is 1.00. The van der Waals surface area contributed by atoms with E-state index < -0.39 is 0 Å². The average Bonchev–Trinajstić information content (AvgIpc) is 2.87. The lowest BCUT2D eigenvalue weighted by molar-refractivity contribution is 0.571. The summed E-state index contributed by atoms with van der Waals surface area (Å²) in [4.78, 5) is 0.0197. The van der Waals surface area contributed by atoms with Gasteiger partial charge in [0.25, 0.3) is 0 Å². The molecule has 0 atom stereocenters. The highest BCUT2D eigenvalue weighted by Crippen LogP contribution is 2.34. The number of rotatable bonds is 3. The maximum atomic E-state index is 8.90. The van der Waals surface area contributed by atoms with Gasteiger partial charge in [0.2, 0.25) is 0 Å². The number of benzene rings is 1. The Hall–Kier alpha value is -1.80. The van der Waals surface area contributed by atoms with Crippen LogP contribution in [0.3, 0.4) is 0 Å². The van der Waals surface area contributed by atoms with Gasteiger partial charge in [0, 0.05) is 11.6 Å². The predicted octanol–water partition coefficient (Wildman–Crippen LogP) is 4.45. The van der Waals surface area contributed by atoms with E-state index in [-0.39, 0.29) is 10.6 Å². The number of nitrogens with zero attached hydrogens (tertiary/aromatic N) is 1. The van der Waals surface area contributed by atoms with Gasteiger partial charge in [0.05, 0.1) is 15.6 Å². The van der Waals surface area contributed by atoms with Crippen molar-refractivity contribution in [3.63, 3.8) is 0 Å². The molecular weight excluding hydrogens is 315 g/mol. The normalized spacial score (nSPS) is 11.2. The number of hydrogen-bond donors (Lipinski definition) is 1. The van der Waals surface area contributed by atoms with Crippen LogP contribution in [-0.2, 0) is 0 Å². The standard InChI is InChI=1S/C14H8Cl2N2OS/c15-11-3-1-2-10(13(11)16)12-5-4-9(19-12)6-8(7-17)14(18)20/h1-6H,(H2,18,20). The third-order valence-corrected chi connectivity index (χ3v) is 3.56. The molecule has 0 saturated carbocycles. The summed E-state index contributed by atoms with van der Waals surface area (Å²) in [5, 5.41) is 9.75. The predicted molar refractivity (Wildman–Crippen MR) is 84.5 cm³/mol. The summed E-state index contributed by atoms with van der Waals surface area (Å²) in [6.45, 7) is 0. The topological polar surface area (TPSA) is 63.0 Å². The molecule has 2 N–H and O–H groups in total. The van der Waals surface area contributed by atoms with Crippen molar-refractivity contribution >= 4 is 46.5 Å². The summed E-state index contributed by atoms with van der Waals surface area (Å²) in [6, 6.07) is 10.6. The van der Waals surface area contributed by atoms with Crippen LogP contribution >= 0.6 is 35.4 Å². The summed E-state index contributed by atoms with van der Waals surface area (Å²) in [6.07, 6.45) is 1.48. The molecular formula is C14H8Cl2N2OS. The third kappa shape index (κ3) is 3.02. The van der Waals surface area contributed by atoms with E-state index in [1.807, 2.05) is 6.07 Å². The van der Waals surface area contributed by atoms with Crippen LogP contribution in [0, 0.1) is 11.3 Å². The van der Waals surface area contributed by atoms with Crippen LogP contribution in [0.1, 0.15) is 5.76 Å². The van der Waals surface area contributed by atoms with Gasteiger partial charge in [-0.2, -0.15) is 5.26 Å². The minimum absolute atomic E-state index is 0.0197. The zero-order valence-corrected chi connectivity index (χ0v) is 12.4. The Labute approximate surface area is 131 Å². The number of nitriles is 1. The molecule has 2 rings (SSSR count). The maximum Gasteiger partial charge on any atom is 0.136 e. The Kier molecular flexibility index (Phi) is 4.46. The molecule has 2 aromatic rings. The lowest BCUT2D eigenvalue weighted by Gasteiger charge is -2.02. The maximum absolute atomic E-state index is 8.90. The second-order valence-corrected chi connectivity index (χ2v) is 5.06. The molecule has 0 radical (unpaired) electrons. The second-order valence-electron chi connectivity index (χ2n) is 3.84. The number of halogens is 2. The first-order valence-corrected chi connectivity index (χ1v) is 6.65. The van der Waals surface area contributed by atoms with Crippen molar-refractivity contribution in [1.82, 2.24) is 0 Å². The van der Waals surface area contributed by atoms with Gasteiger partial charge in [-0.1, -0.05) is 41.5 Å². The van der Waals surface area contributed by atoms with E-state index in [0.717, 1.165) is 0 Å². The molecule has 0 amide bonds. The fourth-order valence-corrected chi connectivity index (χ4v) is 2.07. The molecule has 1 aromatic carbocycles. The first kappa shape index (κ1) is 14.6. The average molecular weight is 323 g/mol. The number of hydrogen-bond acceptors (Lipinski definition) is 3. The van der Waals surface area contributed by atoms with Crippen LogP contribution in [0.5, 0.6) is 0 Å². The molecule has 0 aliphatic carbocycles. The molecule has 100 valence electrons. The molecule has 0 fully saturated rings. The van der Waals surface area contributed by atoms with E-state index in [2.05, 4.69) is 0 Å². The molecule has 1 heterocycles. The lowest BCUT2D eigenvalue weighted by Crippen LogP contribution is -2.09. The Morgan fingerprint density at radius 2 is 2.05 bits per heavy atom. The number of nitrogens with two attached hydrogens (primary N) is 1. The summed E-state index contributed by atoms with van der Waals surface area (Å²) >= 11 is 16.8. The highest BCUT2D eigenvalue weighted by molar-refractivity contribution is 7.80. The van der Waals surface area contributed by atoms with Crippen LogP contribution in [0.15, 0.2) is 40.3 Å². The monoisotopic (exact) mass is 322 g/mol. The van der Waals surface area contributed by atoms with E-state index in [0.29, 0.717) is 27.1 Å². The van der Waals surface area contributed by atoms with Crippen LogP contribution in [-0.4, -0.2) is 4.99 Å². The van der Waals surface area contributed by atoms with E-state index in [4.69, 9.17) is 50.8 Å². The minimum atomic E-state index is 0.0197. The lowest BCUT2D eigenvalue weighted by atomic mass is 10.2. The van der Waals surface area contributed by atoms with E-state index in [9.17, 15) is 0 Å². The Bertz CT molecular complexity index is 744. The van der Waals surface area contributed by atoms with Crippen molar-refractivity contribution in [3.8, 4) is 17.4 Å². The van der Waals surface area contributed by atoms with E-state index >= 15 is 0 Å². The highest BCUT2D eigenvalue weighted by atomic mass is 35.5. The fraction of sp³-hybridized carbons (Fsp3) is 0. The number of thiocarbonyl (C=S) groups is 1. The van der Waals surface area contributed by atoms with Gasteiger partial charge >= 0.3 is 0 Å². The first-order chi connectivity index (χ1) is 9.52. The highest BCUT2D eigenvalue weighted by Gasteiger charge is 2.11. The van der Waals surface area contributed by atoms with Crippen LogP contribution < -0.4 is 5.73 Å². The van der Waals surface area contributed by atoms with Crippen LogP contribution in [0.2, 0.25) is 10.0 Å². The Balaban J connectivity index is 2.42. The number of furan rings is 1. The van der Waals surface area contributed by atoms with Gasteiger partial charge < -0.3 is 10.2 Å². The molecule has 0 unspecified atom stereocenters.